The maximum Gasteiger partial charge on any atom is 0.125 e. The summed E-state index contributed by atoms with van der Waals surface area (Å²) in [5, 5.41) is 8.81. The van der Waals surface area contributed by atoms with Crippen LogP contribution in [0, 0.1) is 12.3 Å². The Morgan fingerprint density at radius 1 is 1.14 bits per heavy atom. The third-order valence-corrected chi connectivity index (χ3v) is 4.36. The van der Waals surface area contributed by atoms with Crippen molar-refractivity contribution in [2.75, 3.05) is 0 Å². The molecule has 1 heterocycles. The molecule has 3 rings (SSSR count). The second-order valence-electron chi connectivity index (χ2n) is 4.85. The van der Waals surface area contributed by atoms with Gasteiger partial charge in [-0.15, -0.1) is 0 Å². The molecular formula is C17H15N3S. The third-order valence-electron chi connectivity index (χ3n) is 3.23. The molecule has 0 aliphatic rings. The summed E-state index contributed by atoms with van der Waals surface area (Å²) in [7, 11) is 0. The molecular weight excluding hydrogens is 278 g/mol. The van der Waals surface area contributed by atoms with E-state index in [0.717, 1.165) is 20.7 Å². The summed E-state index contributed by atoms with van der Waals surface area (Å²) in [5.41, 5.74) is 8.53. The zero-order valence-electron chi connectivity index (χ0n) is 11.6. The molecule has 0 saturated carbocycles. The Bertz CT molecular complexity index is 827. The predicted octanol–water partition coefficient (Wildman–Crippen LogP) is 3.98. The Balaban J connectivity index is 2.18. The highest BCUT2D eigenvalue weighted by molar-refractivity contribution is 7.99. The summed E-state index contributed by atoms with van der Waals surface area (Å²) in [5.74, 6) is 0.0448. The number of nitrogens with zero attached hydrogens (tertiary/aromatic N) is 1. The Morgan fingerprint density at radius 3 is 2.71 bits per heavy atom. The van der Waals surface area contributed by atoms with E-state index in [4.69, 9.17) is 11.1 Å². The number of hydrogen-bond donors (Lipinski definition) is 2. The predicted molar refractivity (Wildman–Crippen MR) is 88.1 cm³/mol. The van der Waals surface area contributed by atoms with Crippen LogP contribution in [-0.2, 0) is 0 Å². The van der Waals surface area contributed by atoms with E-state index in [0.29, 0.717) is 5.56 Å². The maximum atomic E-state index is 7.78. The zero-order chi connectivity index (χ0) is 14.8. The maximum absolute atomic E-state index is 7.78. The minimum Gasteiger partial charge on any atom is -0.384 e. The Labute approximate surface area is 127 Å². The molecule has 3 N–H and O–H groups in total. The topological polar surface area (TPSA) is 62.8 Å². The van der Waals surface area contributed by atoms with E-state index < -0.39 is 0 Å². The number of nitrogens with two attached hydrogens (primary N) is 1. The van der Waals surface area contributed by atoms with E-state index in [1.165, 1.54) is 5.56 Å². The summed E-state index contributed by atoms with van der Waals surface area (Å²) in [6, 6.07) is 16.2. The molecule has 3 nitrogen and oxygen atoms in total. The van der Waals surface area contributed by atoms with E-state index in [1.807, 2.05) is 30.3 Å². The number of hydrogen-bond acceptors (Lipinski definition) is 3. The van der Waals surface area contributed by atoms with Gasteiger partial charge in [0.1, 0.15) is 5.84 Å². The summed E-state index contributed by atoms with van der Waals surface area (Å²) < 4.78 is 0. The molecule has 0 saturated heterocycles. The van der Waals surface area contributed by atoms with Crippen LogP contribution in [0.25, 0.3) is 10.9 Å². The van der Waals surface area contributed by atoms with Crippen LogP contribution in [0.2, 0.25) is 0 Å². The molecule has 0 bridgehead atoms. The molecule has 0 radical (unpaired) electrons. The fourth-order valence-electron chi connectivity index (χ4n) is 2.21. The number of nitrogens with one attached hydrogen (secondary N) is 1. The average molecular weight is 293 g/mol. The SMILES string of the molecule is Cc1cccc(Sc2c(C(=N)N)cnc3ccccc23)c1. The van der Waals surface area contributed by atoms with Gasteiger partial charge in [0, 0.05) is 26.9 Å². The lowest BCUT2D eigenvalue weighted by Crippen LogP contribution is -2.13. The normalized spacial score (nSPS) is 10.7. The first-order valence-electron chi connectivity index (χ1n) is 6.62. The van der Waals surface area contributed by atoms with Gasteiger partial charge in [-0.25, -0.2) is 0 Å². The van der Waals surface area contributed by atoms with Crippen molar-refractivity contribution < 1.29 is 0 Å². The van der Waals surface area contributed by atoms with Gasteiger partial charge < -0.3 is 5.73 Å². The van der Waals surface area contributed by atoms with Crippen molar-refractivity contribution in [2.45, 2.75) is 16.7 Å². The van der Waals surface area contributed by atoms with Crippen molar-refractivity contribution in [3.05, 3.63) is 65.9 Å². The minimum atomic E-state index is 0.0448. The number of rotatable bonds is 3. The van der Waals surface area contributed by atoms with Crippen LogP contribution in [0.1, 0.15) is 11.1 Å². The molecule has 0 fully saturated rings. The molecule has 0 unspecified atom stereocenters. The number of benzene rings is 2. The molecule has 0 atom stereocenters. The number of nitrogen functional groups attached to an aromatic ring is 1. The van der Waals surface area contributed by atoms with Gasteiger partial charge in [-0.1, -0.05) is 47.7 Å². The summed E-state index contributed by atoms with van der Waals surface area (Å²) in [4.78, 5) is 6.51. The minimum absolute atomic E-state index is 0.0448. The van der Waals surface area contributed by atoms with Gasteiger partial charge in [-0.05, 0) is 25.1 Å². The first-order valence-corrected chi connectivity index (χ1v) is 7.43. The van der Waals surface area contributed by atoms with E-state index >= 15 is 0 Å². The van der Waals surface area contributed by atoms with E-state index in [9.17, 15) is 0 Å². The van der Waals surface area contributed by atoms with Crippen LogP contribution >= 0.6 is 11.8 Å². The van der Waals surface area contributed by atoms with Crippen molar-refractivity contribution in [1.82, 2.24) is 4.98 Å². The molecule has 0 aliphatic carbocycles. The fourth-order valence-corrected chi connectivity index (χ4v) is 3.40. The van der Waals surface area contributed by atoms with E-state index in [1.54, 1.807) is 18.0 Å². The highest BCUT2D eigenvalue weighted by atomic mass is 32.2. The molecule has 2 aromatic carbocycles. The molecule has 3 aromatic rings. The fraction of sp³-hybridized carbons (Fsp3) is 0.0588. The van der Waals surface area contributed by atoms with Crippen LogP contribution in [-0.4, -0.2) is 10.8 Å². The van der Waals surface area contributed by atoms with Crippen molar-refractivity contribution in [2.24, 2.45) is 5.73 Å². The highest BCUT2D eigenvalue weighted by Gasteiger charge is 2.12. The van der Waals surface area contributed by atoms with Gasteiger partial charge in [0.15, 0.2) is 0 Å². The summed E-state index contributed by atoms with van der Waals surface area (Å²) >= 11 is 1.63. The van der Waals surface area contributed by atoms with Gasteiger partial charge in [0.05, 0.1) is 5.52 Å². The van der Waals surface area contributed by atoms with Gasteiger partial charge in [0.2, 0.25) is 0 Å². The molecule has 21 heavy (non-hydrogen) atoms. The number of pyridine rings is 1. The van der Waals surface area contributed by atoms with Gasteiger partial charge >= 0.3 is 0 Å². The van der Waals surface area contributed by atoms with E-state index in [2.05, 4.69) is 30.1 Å². The number of aryl methyl sites for hydroxylation is 1. The number of amidine groups is 1. The van der Waals surface area contributed by atoms with Crippen LogP contribution in [0.3, 0.4) is 0 Å². The Morgan fingerprint density at radius 2 is 1.95 bits per heavy atom. The number of aromatic nitrogens is 1. The van der Waals surface area contributed by atoms with Crippen LogP contribution in [0.5, 0.6) is 0 Å². The lowest BCUT2D eigenvalue weighted by Gasteiger charge is -2.11. The average Bonchev–Trinajstić information content (AvgIpc) is 2.47. The van der Waals surface area contributed by atoms with Crippen LogP contribution < -0.4 is 5.73 Å². The van der Waals surface area contributed by atoms with Crippen LogP contribution in [0.4, 0.5) is 0 Å². The Hall–Kier alpha value is -2.33. The van der Waals surface area contributed by atoms with Gasteiger partial charge in [-0.3, -0.25) is 10.4 Å². The summed E-state index contributed by atoms with van der Waals surface area (Å²) in [6.45, 7) is 2.07. The molecule has 0 spiro atoms. The largest absolute Gasteiger partial charge is 0.384 e. The van der Waals surface area contributed by atoms with Crippen LogP contribution in [0.15, 0.2) is 64.5 Å². The van der Waals surface area contributed by atoms with Crippen molar-refractivity contribution in [3.8, 4) is 0 Å². The van der Waals surface area contributed by atoms with Gasteiger partial charge in [0.25, 0.3) is 0 Å². The molecule has 104 valence electrons. The first kappa shape index (κ1) is 13.6. The van der Waals surface area contributed by atoms with Gasteiger partial charge in [-0.2, -0.15) is 0 Å². The summed E-state index contributed by atoms with van der Waals surface area (Å²) in [6.07, 6.45) is 1.68. The zero-order valence-corrected chi connectivity index (χ0v) is 12.4. The Kier molecular flexibility index (Phi) is 3.62. The smallest absolute Gasteiger partial charge is 0.125 e. The molecule has 1 aromatic heterocycles. The number of fused-ring (bicyclic) bond motifs is 1. The van der Waals surface area contributed by atoms with E-state index in [-0.39, 0.29) is 5.84 Å². The molecule has 4 heteroatoms. The van der Waals surface area contributed by atoms with Crippen molar-refractivity contribution >= 4 is 28.5 Å². The molecule has 0 aliphatic heterocycles. The second-order valence-corrected chi connectivity index (χ2v) is 5.93. The lowest BCUT2D eigenvalue weighted by molar-refractivity contribution is 1.28. The quantitative estimate of drug-likeness (QED) is 0.567. The van der Waals surface area contributed by atoms with Crippen molar-refractivity contribution in [3.63, 3.8) is 0 Å². The second kappa shape index (κ2) is 5.58. The highest BCUT2D eigenvalue weighted by Crippen LogP contribution is 2.35. The number of para-hydroxylation sites is 1. The molecule has 0 amide bonds. The van der Waals surface area contributed by atoms with Crippen molar-refractivity contribution in [1.29, 1.82) is 5.41 Å². The monoisotopic (exact) mass is 293 g/mol. The third kappa shape index (κ3) is 2.76. The standard InChI is InChI=1S/C17H15N3S/c1-11-5-4-6-12(9-11)21-16-13-7-2-3-8-15(13)20-10-14(16)17(18)19/h2-10H,1H3,(H3,18,19). The first-order chi connectivity index (χ1) is 10.1. The lowest BCUT2D eigenvalue weighted by atomic mass is 10.1.